The van der Waals surface area contributed by atoms with Crippen molar-refractivity contribution < 1.29 is 9.47 Å². The third kappa shape index (κ3) is 3.72. The number of hydrogen-bond acceptors (Lipinski definition) is 5. The molecular formula is C20H29N3O2. The SMILES string of the molecule is CCOCCN1CCN(c2c(C)cnc3c(OC)cccc23)CC1C. The fraction of sp³-hybridized carbons (Fsp3) is 0.550. The third-order valence-corrected chi connectivity index (χ3v) is 5.04. The van der Waals surface area contributed by atoms with Gasteiger partial charge in [-0.05, 0) is 32.4 Å². The Balaban J connectivity index is 1.84. The van der Waals surface area contributed by atoms with Crippen LogP contribution in [0.4, 0.5) is 5.69 Å². The maximum absolute atomic E-state index is 5.52. The van der Waals surface area contributed by atoms with Crippen LogP contribution in [0.2, 0.25) is 0 Å². The summed E-state index contributed by atoms with van der Waals surface area (Å²) in [6.07, 6.45) is 1.96. The number of aromatic nitrogens is 1. The van der Waals surface area contributed by atoms with Gasteiger partial charge < -0.3 is 14.4 Å². The van der Waals surface area contributed by atoms with Gasteiger partial charge in [0.2, 0.25) is 0 Å². The van der Waals surface area contributed by atoms with E-state index >= 15 is 0 Å². The quantitative estimate of drug-likeness (QED) is 0.754. The molecule has 1 aliphatic heterocycles. The highest BCUT2D eigenvalue weighted by molar-refractivity contribution is 5.96. The van der Waals surface area contributed by atoms with Crippen molar-refractivity contribution in [3.63, 3.8) is 0 Å². The highest BCUT2D eigenvalue weighted by Crippen LogP contribution is 2.34. The second-order valence-corrected chi connectivity index (χ2v) is 6.67. The van der Waals surface area contributed by atoms with Crippen LogP contribution in [0.25, 0.3) is 10.9 Å². The number of para-hydroxylation sites is 1. The van der Waals surface area contributed by atoms with Gasteiger partial charge in [0.1, 0.15) is 11.3 Å². The smallest absolute Gasteiger partial charge is 0.145 e. The maximum Gasteiger partial charge on any atom is 0.145 e. The van der Waals surface area contributed by atoms with Gasteiger partial charge in [0, 0.05) is 50.4 Å². The zero-order valence-corrected chi connectivity index (χ0v) is 15.8. The molecule has 1 unspecified atom stereocenters. The number of piperazine rings is 1. The molecule has 1 aliphatic rings. The van der Waals surface area contributed by atoms with Crippen LogP contribution in [0.3, 0.4) is 0 Å². The Morgan fingerprint density at radius 2 is 2.12 bits per heavy atom. The lowest BCUT2D eigenvalue weighted by atomic mass is 10.1. The van der Waals surface area contributed by atoms with Crippen molar-refractivity contribution >= 4 is 16.6 Å². The average Bonchev–Trinajstić information content (AvgIpc) is 2.62. The first-order chi connectivity index (χ1) is 12.2. The minimum absolute atomic E-state index is 0.502. The second-order valence-electron chi connectivity index (χ2n) is 6.67. The molecular weight excluding hydrogens is 314 g/mol. The summed E-state index contributed by atoms with van der Waals surface area (Å²) < 4.78 is 11.0. The molecule has 2 heterocycles. The molecule has 0 N–H and O–H groups in total. The first-order valence-corrected chi connectivity index (χ1v) is 9.14. The van der Waals surface area contributed by atoms with Crippen LogP contribution in [0.15, 0.2) is 24.4 Å². The van der Waals surface area contributed by atoms with E-state index in [-0.39, 0.29) is 0 Å². The Bertz CT molecular complexity index is 719. The number of hydrogen-bond donors (Lipinski definition) is 0. The Kier molecular flexibility index (Phi) is 5.76. The van der Waals surface area contributed by atoms with Gasteiger partial charge in [0.05, 0.1) is 19.4 Å². The topological polar surface area (TPSA) is 37.8 Å². The Morgan fingerprint density at radius 1 is 1.28 bits per heavy atom. The van der Waals surface area contributed by atoms with E-state index in [4.69, 9.17) is 9.47 Å². The fourth-order valence-corrected chi connectivity index (χ4v) is 3.72. The predicted molar refractivity (Wildman–Crippen MR) is 103 cm³/mol. The Hall–Kier alpha value is -1.85. The summed E-state index contributed by atoms with van der Waals surface area (Å²) in [4.78, 5) is 9.63. The number of pyridine rings is 1. The highest BCUT2D eigenvalue weighted by atomic mass is 16.5. The maximum atomic E-state index is 5.52. The lowest BCUT2D eigenvalue weighted by molar-refractivity contribution is 0.0926. The summed E-state index contributed by atoms with van der Waals surface area (Å²) >= 11 is 0. The average molecular weight is 343 g/mol. The molecule has 1 aromatic heterocycles. The zero-order valence-electron chi connectivity index (χ0n) is 15.8. The van der Waals surface area contributed by atoms with E-state index < -0.39 is 0 Å². The number of methoxy groups -OCH3 is 1. The third-order valence-electron chi connectivity index (χ3n) is 5.04. The van der Waals surface area contributed by atoms with E-state index in [0.29, 0.717) is 6.04 Å². The van der Waals surface area contributed by atoms with Crippen LogP contribution >= 0.6 is 0 Å². The predicted octanol–water partition coefficient (Wildman–Crippen LogP) is 3.10. The largest absolute Gasteiger partial charge is 0.494 e. The first-order valence-electron chi connectivity index (χ1n) is 9.14. The van der Waals surface area contributed by atoms with E-state index in [1.165, 1.54) is 16.6 Å². The molecule has 0 aliphatic carbocycles. The van der Waals surface area contributed by atoms with E-state index in [0.717, 1.165) is 50.7 Å². The van der Waals surface area contributed by atoms with Gasteiger partial charge in [-0.25, -0.2) is 0 Å². The molecule has 1 saturated heterocycles. The van der Waals surface area contributed by atoms with E-state index in [1.54, 1.807) is 7.11 Å². The summed E-state index contributed by atoms with van der Waals surface area (Å²) in [5.74, 6) is 0.835. The molecule has 5 nitrogen and oxygen atoms in total. The molecule has 2 aromatic rings. The molecule has 3 rings (SSSR count). The number of nitrogens with zero attached hydrogens (tertiary/aromatic N) is 3. The van der Waals surface area contributed by atoms with Crippen LogP contribution in [-0.4, -0.2) is 62.4 Å². The summed E-state index contributed by atoms with van der Waals surface area (Å²) in [7, 11) is 1.70. The molecule has 25 heavy (non-hydrogen) atoms. The van der Waals surface area contributed by atoms with E-state index in [9.17, 15) is 0 Å². The Labute approximate surface area is 150 Å². The van der Waals surface area contributed by atoms with E-state index in [2.05, 4.69) is 34.7 Å². The van der Waals surface area contributed by atoms with Crippen molar-refractivity contribution in [3.05, 3.63) is 30.0 Å². The molecule has 1 atom stereocenters. The summed E-state index contributed by atoms with van der Waals surface area (Å²) in [6.45, 7) is 12.2. The van der Waals surface area contributed by atoms with Gasteiger partial charge in [0.25, 0.3) is 0 Å². The van der Waals surface area contributed by atoms with Gasteiger partial charge in [0.15, 0.2) is 0 Å². The fourth-order valence-electron chi connectivity index (χ4n) is 3.72. The normalized spacial score (nSPS) is 18.7. The summed E-state index contributed by atoms with van der Waals surface area (Å²) in [5, 5.41) is 1.18. The molecule has 0 bridgehead atoms. The highest BCUT2D eigenvalue weighted by Gasteiger charge is 2.26. The molecule has 0 radical (unpaired) electrons. The molecule has 1 aromatic carbocycles. The summed E-state index contributed by atoms with van der Waals surface area (Å²) in [5.41, 5.74) is 3.45. The van der Waals surface area contributed by atoms with Crippen LogP contribution < -0.4 is 9.64 Å². The first kappa shape index (κ1) is 18.0. The van der Waals surface area contributed by atoms with Crippen molar-refractivity contribution in [2.24, 2.45) is 0 Å². The van der Waals surface area contributed by atoms with Crippen LogP contribution in [0.1, 0.15) is 19.4 Å². The lowest BCUT2D eigenvalue weighted by Crippen LogP contribution is -2.53. The molecule has 5 heteroatoms. The number of fused-ring (bicyclic) bond motifs is 1. The van der Waals surface area contributed by atoms with Gasteiger partial charge in [-0.2, -0.15) is 0 Å². The van der Waals surface area contributed by atoms with Crippen LogP contribution in [0, 0.1) is 6.92 Å². The summed E-state index contributed by atoms with van der Waals surface area (Å²) in [6, 6.07) is 6.68. The molecule has 1 fully saturated rings. The van der Waals surface area contributed by atoms with Crippen molar-refractivity contribution in [2.75, 3.05) is 51.4 Å². The molecule has 136 valence electrons. The van der Waals surface area contributed by atoms with Gasteiger partial charge in [-0.15, -0.1) is 0 Å². The molecule has 0 amide bonds. The lowest BCUT2D eigenvalue weighted by Gasteiger charge is -2.41. The van der Waals surface area contributed by atoms with Crippen molar-refractivity contribution in [2.45, 2.75) is 26.8 Å². The molecule has 0 spiro atoms. The number of benzene rings is 1. The van der Waals surface area contributed by atoms with Gasteiger partial charge in [-0.1, -0.05) is 12.1 Å². The Morgan fingerprint density at radius 3 is 2.84 bits per heavy atom. The second kappa shape index (κ2) is 8.02. The van der Waals surface area contributed by atoms with Crippen molar-refractivity contribution in [1.29, 1.82) is 0 Å². The van der Waals surface area contributed by atoms with Gasteiger partial charge >= 0.3 is 0 Å². The zero-order chi connectivity index (χ0) is 17.8. The number of rotatable bonds is 6. The van der Waals surface area contributed by atoms with Crippen LogP contribution in [-0.2, 0) is 4.74 Å². The minimum atomic E-state index is 0.502. The standard InChI is InChI=1S/C20H29N3O2/c1-5-25-12-11-22-9-10-23(14-16(22)3)20-15(2)13-21-19-17(20)7-6-8-18(19)24-4/h6-8,13,16H,5,9-12,14H2,1-4H3. The molecule has 0 saturated carbocycles. The van der Waals surface area contributed by atoms with Gasteiger partial charge in [-0.3, -0.25) is 9.88 Å². The van der Waals surface area contributed by atoms with E-state index in [1.807, 2.05) is 25.3 Å². The number of aryl methyl sites for hydroxylation is 1. The van der Waals surface area contributed by atoms with Crippen molar-refractivity contribution in [3.8, 4) is 5.75 Å². The van der Waals surface area contributed by atoms with Crippen LogP contribution in [0.5, 0.6) is 5.75 Å². The number of ether oxygens (including phenoxy) is 2. The minimum Gasteiger partial charge on any atom is -0.494 e. The monoisotopic (exact) mass is 343 g/mol. The number of anilines is 1. The van der Waals surface area contributed by atoms with Crippen molar-refractivity contribution in [1.82, 2.24) is 9.88 Å².